The number of rotatable bonds is 17. The molecule has 2 heterocycles. The van der Waals surface area contributed by atoms with Gasteiger partial charge in [-0.2, -0.15) is 0 Å². The number of aliphatic hydroxyl groups is 1. The molecule has 2 saturated heterocycles. The topological polar surface area (TPSA) is 181 Å². The Bertz CT molecular complexity index is 1450. The molecule has 0 aliphatic carbocycles. The summed E-state index contributed by atoms with van der Waals surface area (Å²) in [5.41, 5.74) is 1.54. The number of benzene rings is 2. The molecular formula is C37H46O15. The minimum absolute atomic E-state index is 0.00946. The van der Waals surface area contributed by atoms with Crippen molar-refractivity contribution in [3.63, 3.8) is 0 Å². The van der Waals surface area contributed by atoms with Crippen LogP contribution in [0.5, 0.6) is 0 Å². The van der Waals surface area contributed by atoms with Gasteiger partial charge in [-0.3, -0.25) is 19.2 Å². The molecular weight excluding hydrogens is 684 g/mol. The lowest BCUT2D eigenvalue weighted by molar-refractivity contribution is -0.371. The van der Waals surface area contributed by atoms with Gasteiger partial charge in [0.2, 0.25) is 0 Å². The van der Waals surface area contributed by atoms with Crippen LogP contribution in [0.15, 0.2) is 73.3 Å². The van der Waals surface area contributed by atoms with Gasteiger partial charge < -0.3 is 52.5 Å². The van der Waals surface area contributed by atoms with Crippen LogP contribution in [0, 0.1) is 0 Å². The van der Waals surface area contributed by atoms with Crippen LogP contribution in [0.3, 0.4) is 0 Å². The quantitative estimate of drug-likeness (QED) is 0.142. The van der Waals surface area contributed by atoms with Crippen molar-refractivity contribution in [2.75, 3.05) is 19.8 Å². The molecule has 2 fully saturated rings. The highest BCUT2D eigenvalue weighted by molar-refractivity contribution is 5.67. The second-order valence-corrected chi connectivity index (χ2v) is 12.1. The van der Waals surface area contributed by atoms with Gasteiger partial charge in [0.05, 0.1) is 19.8 Å². The molecule has 0 spiro atoms. The molecule has 10 atom stereocenters. The molecule has 0 aromatic heterocycles. The Morgan fingerprint density at radius 2 is 1.10 bits per heavy atom. The fourth-order valence-electron chi connectivity index (χ4n) is 5.79. The molecule has 2 aliphatic heterocycles. The van der Waals surface area contributed by atoms with E-state index in [2.05, 4.69) is 6.58 Å². The van der Waals surface area contributed by atoms with Crippen molar-refractivity contribution in [1.82, 2.24) is 0 Å². The third kappa shape index (κ3) is 11.9. The van der Waals surface area contributed by atoms with Crippen LogP contribution in [0.25, 0.3) is 0 Å². The van der Waals surface area contributed by atoms with Crippen LogP contribution < -0.4 is 0 Å². The van der Waals surface area contributed by atoms with Crippen LogP contribution in [-0.2, 0) is 79.8 Å². The molecule has 4 rings (SSSR count). The number of hydrogen-bond acceptors (Lipinski definition) is 15. The highest BCUT2D eigenvalue weighted by Crippen LogP contribution is 2.35. The van der Waals surface area contributed by atoms with E-state index in [0.29, 0.717) is 0 Å². The van der Waals surface area contributed by atoms with Crippen molar-refractivity contribution >= 4 is 23.9 Å². The van der Waals surface area contributed by atoms with Gasteiger partial charge in [-0.05, 0) is 11.1 Å². The standard InChI is InChI=1S/C37H46O15/c1-6-17-43-35-33(47-19-27-15-11-8-12-16-27)31(49-25(5)41)29(21-45-23(3)39)51-37(35)52-34-32(46-18-26-13-9-7-10-14-26)30(48-24(4)40)28(50-36(34)42)20-44-22(2)38/h6-16,28-37,42H,1,17-21H2,2-5H3/t28-,29-,30-,31-,32+,33+,34-,35-,36-,37-/m1/s1. The lowest BCUT2D eigenvalue weighted by Crippen LogP contribution is -2.66. The number of esters is 4. The van der Waals surface area contributed by atoms with E-state index in [4.69, 9.17) is 47.4 Å². The molecule has 15 heteroatoms. The van der Waals surface area contributed by atoms with Crippen molar-refractivity contribution in [2.45, 2.75) is 102 Å². The average molecular weight is 731 g/mol. The van der Waals surface area contributed by atoms with Crippen LogP contribution >= 0.6 is 0 Å². The molecule has 2 aromatic carbocycles. The van der Waals surface area contributed by atoms with Crippen molar-refractivity contribution in [3.05, 3.63) is 84.4 Å². The first kappa shape index (κ1) is 40.5. The molecule has 0 saturated carbocycles. The van der Waals surface area contributed by atoms with Crippen LogP contribution in [-0.4, -0.2) is 110 Å². The van der Waals surface area contributed by atoms with Gasteiger partial charge in [0.1, 0.15) is 49.8 Å². The van der Waals surface area contributed by atoms with Gasteiger partial charge >= 0.3 is 23.9 Å². The summed E-state index contributed by atoms with van der Waals surface area (Å²) in [6.07, 6.45) is -11.3. The Balaban J connectivity index is 1.74. The van der Waals surface area contributed by atoms with E-state index < -0.39 is 85.3 Å². The van der Waals surface area contributed by atoms with Crippen LogP contribution in [0.1, 0.15) is 38.8 Å². The molecule has 0 bridgehead atoms. The van der Waals surface area contributed by atoms with Gasteiger partial charge in [0.15, 0.2) is 24.8 Å². The number of carbonyl (C=O) groups excluding carboxylic acids is 4. The maximum absolute atomic E-state index is 12.4. The largest absolute Gasteiger partial charge is 0.463 e. The Morgan fingerprint density at radius 1 is 0.635 bits per heavy atom. The lowest BCUT2D eigenvalue weighted by atomic mass is 9.96. The predicted molar refractivity (Wildman–Crippen MR) is 179 cm³/mol. The minimum atomic E-state index is -1.75. The fourth-order valence-corrected chi connectivity index (χ4v) is 5.79. The molecule has 2 aromatic rings. The molecule has 1 N–H and O–H groups in total. The predicted octanol–water partition coefficient (Wildman–Crippen LogP) is 2.55. The summed E-state index contributed by atoms with van der Waals surface area (Å²) in [6.45, 7) is 7.81. The van der Waals surface area contributed by atoms with Crippen LogP contribution in [0.2, 0.25) is 0 Å². The molecule has 15 nitrogen and oxygen atoms in total. The Morgan fingerprint density at radius 3 is 1.54 bits per heavy atom. The lowest BCUT2D eigenvalue weighted by Gasteiger charge is -2.48. The fraction of sp³-hybridized carbons (Fsp3) is 0.514. The van der Waals surface area contributed by atoms with E-state index >= 15 is 0 Å². The van der Waals surface area contributed by atoms with Crippen molar-refractivity contribution in [2.24, 2.45) is 0 Å². The van der Waals surface area contributed by atoms with E-state index in [0.717, 1.165) is 11.1 Å². The maximum Gasteiger partial charge on any atom is 0.303 e. The zero-order valence-corrected chi connectivity index (χ0v) is 29.5. The summed E-state index contributed by atoms with van der Waals surface area (Å²) in [7, 11) is 0. The Labute approximate surface area is 301 Å². The summed E-state index contributed by atoms with van der Waals surface area (Å²) >= 11 is 0. The average Bonchev–Trinajstić information content (AvgIpc) is 3.10. The first-order valence-electron chi connectivity index (χ1n) is 16.8. The van der Waals surface area contributed by atoms with E-state index in [1.807, 2.05) is 60.7 Å². The molecule has 284 valence electrons. The zero-order chi connectivity index (χ0) is 37.6. The summed E-state index contributed by atoms with van der Waals surface area (Å²) in [5, 5.41) is 11.5. The van der Waals surface area contributed by atoms with Gasteiger partial charge in [-0.25, -0.2) is 0 Å². The normalized spacial score (nSPS) is 28.6. The maximum atomic E-state index is 12.4. The third-order valence-corrected chi connectivity index (χ3v) is 7.97. The number of ether oxygens (including phenoxy) is 10. The van der Waals surface area contributed by atoms with E-state index in [1.165, 1.54) is 33.8 Å². The Kier molecular flexibility index (Phi) is 15.7. The van der Waals surface area contributed by atoms with Gasteiger partial charge in [-0.1, -0.05) is 66.7 Å². The van der Waals surface area contributed by atoms with Gasteiger partial charge in [-0.15, -0.1) is 6.58 Å². The smallest absolute Gasteiger partial charge is 0.303 e. The van der Waals surface area contributed by atoms with Crippen molar-refractivity contribution < 1.29 is 71.7 Å². The number of hydrogen-bond donors (Lipinski definition) is 1. The highest BCUT2D eigenvalue weighted by Gasteiger charge is 2.55. The van der Waals surface area contributed by atoms with Gasteiger partial charge in [0, 0.05) is 27.7 Å². The highest BCUT2D eigenvalue weighted by atomic mass is 16.8. The van der Waals surface area contributed by atoms with E-state index in [9.17, 15) is 24.3 Å². The summed E-state index contributed by atoms with van der Waals surface area (Å²) in [5.74, 6) is -2.61. The van der Waals surface area contributed by atoms with E-state index in [-0.39, 0.29) is 33.0 Å². The second kappa shape index (κ2) is 20.1. The van der Waals surface area contributed by atoms with Gasteiger partial charge in [0.25, 0.3) is 0 Å². The number of aliphatic hydroxyl groups excluding tert-OH is 1. The monoisotopic (exact) mass is 730 g/mol. The Hall–Kier alpha value is -4.22. The van der Waals surface area contributed by atoms with E-state index in [1.54, 1.807) is 0 Å². The van der Waals surface area contributed by atoms with Crippen molar-refractivity contribution in [1.29, 1.82) is 0 Å². The molecule has 0 radical (unpaired) electrons. The van der Waals surface area contributed by atoms with Crippen molar-refractivity contribution in [3.8, 4) is 0 Å². The second-order valence-electron chi connectivity index (χ2n) is 12.1. The molecule has 0 unspecified atom stereocenters. The first-order valence-corrected chi connectivity index (χ1v) is 16.8. The summed E-state index contributed by atoms with van der Waals surface area (Å²) in [6, 6.07) is 18.3. The third-order valence-electron chi connectivity index (χ3n) is 7.97. The number of carbonyl (C=O) groups is 4. The zero-order valence-electron chi connectivity index (χ0n) is 29.5. The molecule has 2 aliphatic rings. The molecule has 52 heavy (non-hydrogen) atoms. The SMILES string of the molecule is C=CCO[C@H]1[C@@H](O[C@@H]2[C@@H](OCc3ccccc3)[C@H](OC(C)=O)[C@@H](COC(C)=O)O[C@H]2O)O[C@H](COC(C)=O)[C@@H](OC(C)=O)[C@@H]1OCc1ccccc1. The molecule has 0 amide bonds. The summed E-state index contributed by atoms with van der Waals surface area (Å²) < 4.78 is 59.3. The van der Waals surface area contributed by atoms with Crippen LogP contribution in [0.4, 0.5) is 0 Å². The first-order chi connectivity index (χ1) is 25.0. The minimum Gasteiger partial charge on any atom is -0.463 e. The summed E-state index contributed by atoms with van der Waals surface area (Å²) in [4.78, 5) is 48.4.